The number of nitrogens with zero attached hydrogens (tertiary/aromatic N) is 1. The summed E-state index contributed by atoms with van der Waals surface area (Å²) in [6.07, 6.45) is 0. The minimum absolute atomic E-state index is 0.0615. The fourth-order valence-corrected chi connectivity index (χ4v) is 1.90. The first-order chi connectivity index (χ1) is 7.74. The van der Waals surface area contributed by atoms with E-state index in [1.165, 1.54) is 7.11 Å². The Balaban J connectivity index is 2.33. The molecular weight excluding hydrogens is 230 g/mol. The molecule has 0 unspecified atom stereocenters. The molecule has 16 heavy (non-hydrogen) atoms. The van der Waals surface area contributed by atoms with Crippen LogP contribution in [0.25, 0.3) is 0 Å². The summed E-state index contributed by atoms with van der Waals surface area (Å²) in [5.41, 5.74) is 0.709. The molecule has 0 aliphatic carbocycles. The fraction of sp³-hybridized carbons (Fsp3) is 0.364. The maximum atomic E-state index is 11.8. The topological polar surface area (TPSA) is 38.8 Å². The molecule has 5 heteroatoms. The summed E-state index contributed by atoms with van der Waals surface area (Å²) in [5.74, 6) is 0.481. The van der Waals surface area contributed by atoms with Gasteiger partial charge in [0, 0.05) is 7.11 Å². The highest BCUT2D eigenvalue weighted by atomic mass is 35.5. The molecule has 0 aromatic heterocycles. The molecule has 0 spiro atoms. The van der Waals surface area contributed by atoms with Crippen molar-refractivity contribution in [3.05, 3.63) is 23.2 Å². The van der Waals surface area contributed by atoms with Gasteiger partial charge in [0.05, 0.1) is 17.3 Å². The number of methoxy groups -OCH3 is 1. The molecule has 1 aromatic rings. The molecule has 1 amide bonds. The average Bonchev–Trinajstić information content (AvgIpc) is 2.29. The van der Waals surface area contributed by atoms with Crippen LogP contribution in [0.3, 0.4) is 0 Å². The zero-order valence-corrected chi connectivity index (χ0v) is 9.66. The number of rotatable bonds is 2. The Labute approximate surface area is 98.7 Å². The molecule has 86 valence electrons. The SMILES string of the molecule is COCC(=O)N1CCOc2c(Cl)cccc21. The van der Waals surface area contributed by atoms with Crippen LogP contribution in [0, 0.1) is 0 Å². The van der Waals surface area contributed by atoms with Crippen LogP contribution in [0.15, 0.2) is 18.2 Å². The standard InChI is InChI=1S/C11H12ClNO3/c1-15-7-10(14)13-5-6-16-11-8(12)3-2-4-9(11)13/h2-4H,5-7H2,1H3. The predicted molar refractivity (Wildman–Crippen MR) is 61.2 cm³/mol. The largest absolute Gasteiger partial charge is 0.488 e. The maximum Gasteiger partial charge on any atom is 0.253 e. The highest BCUT2D eigenvalue weighted by molar-refractivity contribution is 6.32. The molecule has 2 rings (SSSR count). The van der Waals surface area contributed by atoms with Gasteiger partial charge in [0.25, 0.3) is 5.91 Å². The lowest BCUT2D eigenvalue weighted by atomic mass is 10.2. The van der Waals surface area contributed by atoms with Crippen molar-refractivity contribution < 1.29 is 14.3 Å². The van der Waals surface area contributed by atoms with Crippen LogP contribution in [0.1, 0.15) is 0 Å². The Morgan fingerprint density at radius 2 is 2.44 bits per heavy atom. The van der Waals surface area contributed by atoms with Gasteiger partial charge in [0.1, 0.15) is 13.2 Å². The van der Waals surface area contributed by atoms with Crippen molar-refractivity contribution >= 4 is 23.2 Å². The zero-order chi connectivity index (χ0) is 11.5. The van der Waals surface area contributed by atoms with Gasteiger partial charge in [0.15, 0.2) is 5.75 Å². The van der Waals surface area contributed by atoms with Gasteiger partial charge in [-0.05, 0) is 12.1 Å². The monoisotopic (exact) mass is 241 g/mol. The molecule has 0 fully saturated rings. The molecule has 1 aromatic carbocycles. The molecular formula is C11H12ClNO3. The van der Waals surface area contributed by atoms with Gasteiger partial charge in [-0.15, -0.1) is 0 Å². The smallest absolute Gasteiger partial charge is 0.253 e. The van der Waals surface area contributed by atoms with E-state index in [1.54, 1.807) is 17.0 Å². The van der Waals surface area contributed by atoms with Crippen molar-refractivity contribution in [2.75, 3.05) is 31.8 Å². The number of hydrogen-bond acceptors (Lipinski definition) is 3. The third-order valence-electron chi connectivity index (χ3n) is 2.37. The number of halogens is 1. The van der Waals surface area contributed by atoms with E-state index in [0.29, 0.717) is 29.6 Å². The maximum absolute atomic E-state index is 11.8. The van der Waals surface area contributed by atoms with Crippen LogP contribution in [0.4, 0.5) is 5.69 Å². The minimum Gasteiger partial charge on any atom is -0.488 e. The Bertz CT molecular complexity index is 408. The van der Waals surface area contributed by atoms with Crippen molar-refractivity contribution in [1.82, 2.24) is 0 Å². The molecule has 1 heterocycles. The lowest BCUT2D eigenvalue weighted by Gasteiger charge is -2.29. The molecule has 1 aliphatic rings. The van der Waals surface area contributed by atoms with Crippen LogP contribution < -0.4 is 9.64 Å². The Morgan fingerprint density at radius 3 is 3.19 bits per heavy atom. The van der Waals surface area contributed by atoms with Gasteiger partial charge in [-0.1, -0.05) is 17.7 Å². The van der Waals surface area contributed by atoms with Gasteiger partial charge >= 0.3 is 0 Å². The summed E-state index contributed by atoms with van der Waals surface area (Å²) in [6.45, 7) is 1.04. The van der Waals surface area contributed by atoms with E-state index in [9.17, 15) is 4.79 Å². The molecule has 0 bridgehead atoms. The number of fused-ring (bicyclic) bond motifs is 1. The summed E-state index contributed by atoms with van der Waals surface area (Å²) in [5, 5.41) is 0.521. The molecule has 0 atom stereocenters. The van der Waals surface area contributed by atoms with Crippen molar-refractivity contribution in [2.45, 2.75) is 0 Å². The second-order valence-corrected chi connectivity index (χ2v) is 3.82. The van der Waals surface area contributed by atoms with E-state index in [0.717, 1.165) is 0 Å². The average molecular weight is 242 g/mol. The van der Waals surface area contributed by atoms with Crippen molar-refractivity contribution in [1.29, 1.82) is 0 Å². The first-order valence-corrected chi connectivity index (χ1v) is 5.32. The van der Waals surface area contributed by atoms with Crippen molar-refractivity contribution in [3.63, 3.8) is 0 Å². The Kier molecular flexibility index (Phi) is 3.31. The zero-order valence-electron chi connectivity index (χ0n) is 8.90. The number of para-hydroxylation sites is 1. The molecule has 1 aliphatic heterocycles. The third kappa shape index (κ3) is 1.99. The summed E-state index contributed by atoms with van der Waals surface area (Å²) in [4.78, 5) is 13.4. The van der Waals surface area contributed by atoms with Gasteiger partial charge in [-0.2, -0.15) is 0 Å². The molecule has 0 N–H and O–H groups in total. The van der Waals surface area contributed by atoms with E-state index in [2.05, 4.69) is 0 Å². The van der Waals surface area contributed by atoms with E-state index >= 15 is 0 Å². The second-order valence-electron chi connectivity index (χ2n) is 3.41. The number of anilines is 1. The quantitative estimate of drug-likeness (QED) is 0.791. The van der Waals surface area contributed by atoms with Gasteiger partial charge in [0.2, 0.25) is 0 Å². The highest BCUT2D eigenvalue weighted by Gasteiger charge is 2.24. The molecule has 0 radical (unpaired) electrons. The molecule has 0 saturated heterocycles. The lowest BCUT2D eigenvalue weighted by molar-refractivity contribution is -0.122. The van der Waals surface area contributed by atoms with Crippen molar-refractivity contribution in [2.24, 2.45) is 0 Å². The number of amides is 1. The molecule has 0 saturated carbocycles. The van der Waals surface area contributed by atoms with E-state index < -0.39 is 0 Å². The highest BCUT2D eigenvalue weighted by Crippen LogP contribution is 2.37. The van der Waals surface area contributed by atoms with Gasteiger partial charge < -0.3 is 14.4 Å². The number of carbonyl (C=O) groups excluding carboxylic acids is 1. The van der Waals surface area contributed by atoms with Crippen molar-refractivity contribution in [3.8, 4) is 5.75 Å². The van der Waals surface area contributed by atoms with Crippen LogP contribution >= 0.6 is 11.6 Å². The minimum atomic E-state index is -0.0886. The van der Waals surface area contributed by atoms with Crippen LogP contribution in [-0.2, 0) is 9.53 Å². The number of carbonyl (C=O) groups is 1. The normalized spacial score (nSPS) is 14.2. The number of hydrogen-bond donors (Lipinski definition) is 0. The Morgan fingerprint density at radius 1 is 1.62 bits per heavy atom. The Hall–Kier alpha value is -1.26. The number of ether oxygens (including phenoxy) is 2. The number of benzene rings is 1. The molecule has 4 nitrogen and oxygen atoms in total. The van der Waals surface area contributed by atoms with Crippen LogP contribution in [0.2, 0.25) is 5.02 Å². The predicted octanol–water partition coefficient (Wildman–Crippen LogP) is 1.71. The fourth-order valence-electron chi connectivity index (χ4n) is 1.67. The van der Waals surface area contributed by atoms with Gasteiger partial charge in [-0.25, -0.2) is 0 Å². The van der Waals surface area contributed by atoms with E-state index in [-0.39, 0.29) is 12.5 Å². The second kappa shape index (κ2) is 4.72. The van der Waals surface area contributed by atoms with Gasteiger partial charge in [-0.3, -0.25) is 4.79 Å². The first kappa shape index (κ1) is 11.2. The third-order valence-corrected chi connectivity index (χ3v) is 2.66. The lowest BCUT2D eigenvalue weighted by Crippen LogP contribution is -2.39. The summed E-state index contributed by atoms with van der Waals surface area (Å²) in [7, 11) is 1.50. The van der Waals surface area contributed by atoms with E-state index in [1.807, 2.05) is 6.07 Å². The summed E-state index contributed by atoms with van der Waals surface area (Å²) < 4.78 is 10.3. The van der Waals surface area contributed by atoms with Crippen LogP contribution in [-0.4, -0.2) is 32.8 Å². The summed E-state index contributed by atoms with van der Waals surface area (Å²) in [6, 6.07) is 5.35. The van der Waals surface area contributed by atoms with Crippen LogP contribution in [0.5, 0.6) is 5.75 Å². The van der Waals surface area contributed by atoms with E-state index in [4.69, 9.17) is 21.1 Å². The summed E-state index contributed by atoms with van der Waals surface area (Å²) >= 11 is 6.00. The first-order valence-electron chi connectivity index (χ1n) is 4.94.